The molecule has 4 nitrogen and oxygen atoms in total. The summed E-state index contributed by atoms with van der Waals surface area (Å²) in [7, 11) is 0. The Bertz CT molecular complexity index is 2150. The van der Waals surface area contributed by atoms with Crippen LogP contribution < -0.4 is 14.5 Å². The van der Waals surface area contributed by atoms with Gasteiger partial charge in [0.25, 0.3) is 0 Å². The van der Waals surface area contributed by atoms with Gasteiger partial charge in [0.05, 0.1) is 0 Å². The monoisotopic (exact) mass is 801 g/mol. The van der Waals surface area contributed by atoms with Crippen LogP contribution in [-0.2, 0) is 26.5 Å². The van der Waals surface area contributed by atoms with E-state index in [0.717, 1.165) is 44.1 Å². The number of pyridine rings is 1. The number of rotatable bonds is 5. The molecular formula is C38H28N3OPtS2-3. The van der Waals surface area contributed by atoms with Gasteiger partial charge < -0.3 is 14.5 Å². The fourth-order valence-corrected chi connectivity index (χ4v) is 7.53. The molecule has 0 saturated carbocycles. The van der Waals surface area contributed by atoms with Gasteiger partial charge in [-0.25, -0.2) is 0 Å². The van der Waals surface area contributed by atoms with E-state index in [-0.39, 0.29) is 26.5 Å². The molecule has 8 rings (SSSR count). The van der Waals surface area contributed by atoms with Gasteiger partial charge in [0, 0.05) is 60.5 Å². The molecular weight excluding hydrogens is 774 g/mol. The topological polar surface area (TPSA) is 28.6 Å². The SMILES string of the molecule is CC(C)(C)c1ccnc(-c2c3[c-]c(Oc4[c-]c(N5[CH-]N(c6ccccc6)c6ccccc65)ccc4)sc3cc3sccc23)c1.[Pt]. The van der Waals surface area contributed by atoms with E-state index in [9.17, 15) is 0 Å². The quantitative estimate of drug-likeness (QED) is 0.162. The Balaban J connectivity index is 0.00000325. The average Bonchev–Trinajstić information content (AvgIpc) is 3.77. The number of hydrogen-bond donors (Lipinski definition) is 0. The van der Waals surface area contributed by atoms with Crippen molar-refractivity contribution in [3.63, 3.8) is 0 Å². The predicted octanol–water partition coefficient (Wildman–Crippen LogP) is 11.3. The molecule has 0 bridgehead atoms. The minimum absolute atomic E-state index is 0. The molecule has 3 aromatic heterocycles. The molecule has 0 aliphatic carbocycles. The average molecular weight is 802 g/mol. The first-order valence-corrected chi connectivity index (χ1v) is 16.2. The van der Waals surface area contributed by atoms with Gasteiger partial charge in [0.2, 0.25) is 0 Å². The minimum atomic E-state index is 0. The summed E-state index contributed by atoms with van der Waals surface area (Å²) in [6.07, 6.45) is 1.92. The van der Waals surface area contributed by atoms with Crippen LogP contribution in [0.3, 0.4) is 0 Å². The van der Waals surface area contributed by atoms with Gasteiger partial charge in [-0.3, -0.25) is 4.98 Å². The number of hydrogen-bond acceptors (Lipinski definition) is 6. The second-order valence-corrected chi connectivity index (χ2v) is 13.8. The van der Waals surface area contributed by atoms with Crippen LogP contribution in [0.25, 0.3) is 31.4 Å². The van der Waals surface area contributed by atoms with E-state index in [2.05, 4.69) is 134 Å². The third-order valence-electron chi connectivity index (χ3n) is 7.92. The zero-order chi connectivity index (χ0) is 29.8. The van der Waals surface area contributed by atoms with Gasteiger partial charge >= 0.3 is 0 Å². The maximum absolute atomic E-state index is 6.47. The number of thiophene rings is 2. The van der Waals surface area contributed by atoms with Gasteiger partial charge in [-0.15, -0.1) is 48.0 Å². The van der Waals surface area contributed by atoms with Crippen molar-refractivity contribution < 1.29 is 25.8 Å². The van der Waals surface area contributed by atoms with E-state index in [1.807, 2.05) is 24.4 Å². The molecule has 0 unspecified atom stereocenters. The summed E-state index contributed by atoms with van der Waals surface area (Å²) < 4.78 is 8.83. The van der Waals surface area contributed by atoms with Crippen LogP contribution in [0, 0.1) is 18.8 Å². The molecule has 1 aliphatic rings. The molecule has 45 heavy (non-hydrogen) atoms. The van der Waals surface area contributed by atoms with E-state index < -0.39 is 0 Å². The third kappa shape index (κ3) is 5.46. The van der Waals surface area contributed by atoms with Crippen molar-refractivity contribution in [2.24, 2.45) is 0 Å². The molecule has 0 fully saturated rings. The van der Waals surface area contributed by atoms with E-state index in [1.54, 1.807) is 22.7 Å². The Morgan fingerprint density at radius 1 is 0.800 bits per heavy atom. The van der Waals surface area contributed by atoms with Gasteiger partial charge in [-0.05, 0) is 52.8 Å². The second kappa shape index (κ2) is 11.8. The number of ether oxygens (including phenoxy) is 1. The fourth-order valence-electron chi connectivity index (χ4n) is 5.70. The molecule has 4 heterocycles. The number of fused-ring (bicyclic) bond motifs is 3. The Morgan fingerprint density at radius 3 is 2.38 bits per heavy atom. The Labute approximate surface area is 285 Å². The predicted molar refractivity (Wildman–Crippen MR) is 185 cm³/mol. The largest absolute Gasteiger partial charge is 0.493 e. The van der Waals surface area contributed by atoms with Crippen molar-refractivity contribution in [3.8, 4) is 22.1 Å². The van der Waals surface area contributed by atoms with Crippen molar-refractivity contribution in [2.75, 3.05) is 9.80 Å². The molecule has 0 atom stereocenters. The number of benzene rings is 4. The molecule has 0 spiro atoms. The Morgan fingerprint density at radius 2 is 1.58 bits per heavy atom. The third-order valence-corrected chi connectivity index (χ3v) is 9.69. The van der Waals surface area contributed by atoms with Crippen molar-refractivity contribution in [3.05, 3.63) is 133 Å². The summed E-state index contributed by atoms with van der Waals surface area (Å²) in [4.78, 5) is 9.19. The number of nitrogens with zero attached hydrogens (tertiary/aromatic N) is 3. The van der Waals surface area contributed by atoms with Crippen LogP contribution >= 0.6 is 22.7 Å². The van der Waals surface area contributed by atoms with Gasteiger partial charge in [0.15, 0.2) is 0 Å². The van der Waals surface area contributed by atoms with E-state index in [0.29, 0.717) is 10.8 Å². The molecule has 0 radical (unpaired) electrons. The molecule has 4 aromatic carbocycles. The number of aromatic nitrogens is 1. The standard InChI is InChI=1S/C38H28N3OS2.Pt/c1-38(2,3)25-16-18-39-31(20-25)37-29-17-19-43-34(29)23-35-30(37)22-36(44-35)42-28-13-9-12-27(21-28)41-24-40(26-10-5-4-6-11-26)32-14-7-8-15-33(32)41;/h4-20,23-24H,1-3H3;/q-3;. The van der Waals surface area contributed by atoms with E-state index in [4.69, 9.17) is 9.72 Å². The molecule has 0 N–H and O–H groups in total. The first kappa shape index (κ1) is 29.7. The maximum atomic E-state index is 6.47. The normalized spacial score (nSPS) is 12.9. The minimum Gasteiger partial charge on any atom is -0.493 e. The summed E-state index contributed by atoms with van der Waals surface area (Å²) in [5.41, 5.74) is 7.57. The first-order chi connectivity index (χ1) is 21.4. The zero-order valence-electron chi connectivity index (χ0n) is 24.9. The van der Waals surface area contributed by atoms with Crippen molar-refractivity contribution >= 4 is 65.6 Å². The van der Waals surface area contributed by atoms with Gasteiger partial charge in [-0.1, -0.05) is 78.9 Å². The van der Waals surface area contributed by atoms with Crippen LogP contribution in [0.2, 0.25) is 0 Å². The van der Waals surface area contributed by atoms with Gasteiger partial charge in [0.1, 0.15) is 5.06 Å². The van der Waals surface area contributed by atoms with Crippen LogP contribution in [0.15, 0.2) is 109 Å². The summed E-state index contributed by atoms with van der Waals surface area (Å²) in [5.74, 6) is 0.644. The Hall–Kier alpha value is -3.96. The first-order valence-electron chi connectivity index (χ1n) is 14.5. The molecule has 226 valence electrons. The summed E-state index contributed by atoms with van der Waals surface area (Å²) in [5, 5.41) is 5.08. The molecule has 1 aliphatic heterocycles. The van der Waals surface area contributed by atoms with Crippen molar-refractivity contribution in [2.45, 2.75) is 26.2 Å². The summed E-state index contributed by atoms with van der Waals surface area (Å²) in [6.45, 7) is 8.81. The Kier molecular flexibility index (Phi) is 7.77. The fraction of sp³-hybridized carbons (Fsp3) is 0.105. The van der Waals surface area contributed by atoms with E-state index in [1.165, 1.54) is 15.6 Å². The zero-order valence-corrected chi connectivity index (χ0v) is 28.8. The maximum Gasteiger partial charge on any atom is 0.107 e. The molecule has 0 saturated heterocycles. The van der Waals surface area contributed by atoms with Crippen LogP contribution in [0.1, 0.15) is 26.3 Å². The van der Waals surface area contributed by atoms with Crippen molar-refractivity contribution in [1.82, 2.24) is 4.98 Å². The molecule has 7 aromatic rings. The number of anilines is 4. The van der Waals surface area contributed by atoms with E-state index >= 15 is 0 Å². The number of para-hydroxylation sites is 3. The van der Waals surface area contributed by atoms with Crippen molar-refractivity contribution in [1.29, 1.82) is 0 Å². The van der Waals surface area contributed by atoms with Crippen LogP contribution in [0.4, 0.5) is 22.7 Å². The van der Waals surface area contributed by atoms with Crippen LogP contribution in [-0.4, -0.2) is 4.98 Å². The molecule has 0 amide bonds. The van der Waals surface area contributed by atoms with Crippen LogP contribution in [0.5, 0.6) is 10.8 Å². The summed E-state index contributed by atoms with van der Waals surface area (Å²) in [6, 6.07) is 40.7. The molecule has 7 heteroatoms. The summed E-state index contributed by atoms with van der Waals surface area (Å²) >= 11 is 3.35. The second-order valence-electron chi connectivity index (χ2n) is 11.8. The smallest absolute Gasteiger partial charge is 0.107 e. The van der Waals surface area contributed by atoms with Gasteiger partial charge in [-0.2, -0.15) is 22.8 Å².